The van der Waals surface area contributed by atoms with Gasteiger partial charge in [-0.05, 0) is 6.07 Å². The number of methoxy groups -OCH3 is 1. The van der Waals surface area contributed by atoms with Crippen LogP contribution < -0.4 is 4.90 Å². The van der Waals surface area contributed by atoms with E-state index in [1.54, 1.807) is 11.4 Å². The van der Waals surface area contributed by atoms with Crippen molar-refractivity contribution in [2.24, 2.45) is 0 Å². The lowest BCUT2D eigenvalue weighted by Crippen LogP contribution is -2.24. The van der Waals surface area contributed by atoms with Crippen LogP contribution in [0.15, 0.2) is 11.4 Å². The third-order valence-corrected chi connectivity index (χ3v) is 3.29. The number of ether oxygens (including phenoxy) is 1. The molecule has 1 N–H and O–H groups in total. The Balaban J connectivity index is 2.19. The highest BCUT2D eigenvalue weighted by atomic mass is 32.1. The molecule has 1 fully saturated rings. The molecule has 0 saturated carbocycles. The summed E-state index contributed by atoms with van der Waals surface area (Å²) in [5.74, 6) is -0.537. The van der Waals surface area contributed by atoms with Crippen LogP contribution >= 0.6 is 11.3 Å². The van der Waals surface area contributed by atoms with Gasteiger partial charge in [0, 0.05) is 5.38 Å². The number of anilines is 1. The SMILES string of the molecule is COC(=O)c1cc(N2CC(O)CC2=O)cs1. The van der Waals surface area contributed by atoms with Gasteiger partial charge >= 0.3 is 5.97 Å². The summed E-state index contributed by atoms with van der Waals surface area (Å²) < 4.78 is 4.58. The van der Waals surface area contributed by atoms with Gasteiger partial charge in [-0.15, -0.1) is 11.3 Å². The molecule has 1 aromatic rings. The number of hydrogen-bond acceptors (Lipinski definition) is 5. The molecule has 1 atom stereocenters. The molecule has 1 aliphatic rings. The molecule has 1 unspecified atom stereocenters. The molecular formula is C10H11NO4S. The molecule has 2 rings (SSSR count). The number of nitrogens with zero attached hydrogens (tertiary/aromatic N) is 1. The average molecular weight is 241 g/mol. The summed E-state index contributed by atoms with van der Waals surface area (Å²) in [4.78, 5) is 24.6. The first kappa shape index (κ1) is 11.1. The van der Waals surface area contributed by atoms with E-state index in [1.165, 1.54) is 23.3 Å². The van der Waals surface area contributed by atoms with Gasteiger partial charge in [-0.25, -0.2) is 4.79 Å². The third kappa shape index (κ3) is 1.94. The molecule has 0 radical (unpaired) electrons. The first-order valence-electron chi connectivity index (χ1n) is 4.77. The van der Waals surface area contributed by atoms with Crippen molar-refractivity contribution in [3.8, 4) is 0 Å². The Bertz CT molecular complexity index is 428. The molecule has 1 aliphatic heterocycles. The molecule has 5 nitrogen and oxygen atoms in total. The lowest BCUT2D eigenvalue weighted by atomic mass is 10.3. The molecule has 1 saturated heterocycles. The van der Waals surface area contributed by atoms with Gasteiger partial charge in [-0.2, -0.15) is 0 Å². The molecule has 1 aromatic heterocycles. The Morgan fingerprint density at radius 2 is 2.44 bits per heavy atom. The van der Waals surface area contributed by atoms with Crippen LogP contribution in [-0.2, 0) is 9.53 Å². The highest BCUT2D eigenvalue weighted by Crippen LogP contribution is 2.27. The predicted molar refractivity (Wildman–Crippen MR) is 58.6 cm³/mol. The van der Waals surface area contributed by atoms with E-state index >= 15 is 0 Å². The fourth-order valence-electron chi connectivity index (χ4n) is 1.61. The zero-order valence-electron chi connectivity index (χ0n) is 8.67. The van der Waals surface area contributed by atoms with E-state index in [1.807, 2.05) is 0 Å². The summed E-state index contributed by atoms with van der Waals surface area (Å²) in [7, 11) is 1.31. The van der Waals surface area contributed by atoms with Crippen molar-refractivity contribution in [1.29, 1.82) is 0 Å². The summed E-state index contributed by atoms with van der Waals surface area (Å²) in [6, 6.07) is 1.60. The highest BCUT2D eigenvalue weighted by Gasteiger charge is 2.30. The van der Waals surface area contributed by atoms with Gasteiger partial charge in [0.25, 0.3) is 0 Å². The number of amides is 1. The number of aliphatic hydroxyl groups is 1. The Labute approximate surface area is 96.2 Å². The van der Waals surface area contributed by atoms with Crippen LogP contribution in [0.2, 0.25) is 0 Å². The van der Waals surface area contributed by atoms with Crippen molar-refractivity contribution in [3.63, 3.8) is 0 Å². The molecule has 1 amide bonds. The van der Waals surface area contributed by atoms with Crippen LogP contribution in [0.25, 0.3) is 0 Å². The van der Waals surface area contributed by atoms with Gasteiger partial charge in [0.2, 0.25) is 5.91 Å². The smallest absolute Gasteiger partial charge is 0.348 e. The van der Waals surface area contributed by atoms with E-state index in [-0.39, 0.29) is 18.9 Å². The van der Waals surface area contributed by atoms with Crippen LogP contribution in [0.3, 0.4) is 0 Å². The summed E-state index contributed by atoms with van der Waals surface area (Å²) in [6.45, 7) is 0.288. The molecule has 0 aliphatic carbocycles. The zero-order chi connectivity index (χ0) is 11.7. The maximum absolute atomic E-state index is 11.5. The van der Waals surface area contributed by atoms with E-state index in [2.05, 4.69) is 4.74 Å². The van der Waals surface area contributed by atoms with Crippen molar-refractivity contribution in [1.82, 2.24) is 0 Å². The van der Waals surface area contributed by atoms with Crippen LogP contribution in [0.5, 0.6) is 0 Å². The number of carbonyl (C=O) groups is 2. The number of carbonyl (C=O) groups excluding carboxylic acids is 2. The summed E-state index contributed by atoms with van der Waals surface area (Å²) in [5, 5.41) is 11.1. The minimum absolute atomic E-state index is 0.123. The standard InChI is InChI=1S/C10H11NO4S/c1-15-10(14)8-2-6(5-16-8)11-4-7(12)3-9(11)13/h2,5,7,12H,3-4H2,1H3. The highest BCUT2D eigenvalue weighted by molar-refractivity contribution is 7.12. The van der Waals surface area contributed by atoms with Gasteiger partial charge < -0.3 is 14.7 Å². The summed E-state index contributed by atoms with van der Waals surface area (Å²) in [6.07, 6.45) is -0.474. The molecule has 2 heterocycles. The molecule has 6 heteroatoms. The lowest BCUT2D eigenvalue weighted by Gasteiger charge is -2.12. The van der Waals surface area contributed by atoms with Crippen LogP contribution in [0, 0.1) is 0 Å². The number of rotatable bonds is 2. The Hall–Kier alpha value is -1.40. The molecular weight excluding hydrogens is 230 g/mol. The largest absolute Gasteiger partial charge is 0.465 e. The zero-order valence-corrected chi connectivity index (χ0v) is 9.49. The first-order valence-corrected chi connectivity index (χ1v) is 5.65. The predicted octanol–water partition coefficient (Wildman–Crippen LogP) is 0.632. The van der Waals surface area contributed by atoms with Gasteiger partial charge in [0.05, 0.1) is 31.9 Å². The van der Waals surface area contributed by atoms with E-state index in [4.69, 9.17) is 0 Å². The summed E-state index contributed by atoms with van der Waals surface area (Å²) in [5.41, 5.74) is 0.645. The van der Waals surface area contributed by atoms with Crippen molar-refractivity contribution >= 4 is 28.9 Å². The quantitative estimate of drug-likeness (QED) is 0.771. The van der Waals surface area contributed by atoms with E-state index in [0.717, 1.165) is 0 Å². The third-order valence-electron chi connectivity index (χ3n) is 2.39. The van der Waals surface area contributed by atoms with E-state index in [9.17, 15) is 14.7 Å². The normalized spacial score (nSPS) is 20.2. The average Bonchev–Trinajstić information content (AvgIpc) is 2.83. The fourth-order valence-corrected chi connectivity index (χ4v) is 2.43. The fraction of sp³-hybridized carbons (Fsp3) is 0.400. The maximum Gasteiger partial charge on any atom is 0.348 e. The minimum Gasteiger partial charge on any atom is -0.465 e. The van der Waals surface area contributed by atoms with E-state index < -0.39 is 12.1 Å². The number of aliphatic hydroxyl groups excluding tert-OH is 1. The second kappa shape index (κ2) is 4.23. The lowest BCUT2D eigenvalue weighted by molar-refractivity contribution is -0.117. The van der Waals surface area contributed by atoms with Crippen LogP contribution in [-0.4, -0.2) is 36.7 Å². The maximum atomic E-state index is 11.5. The Morgan fingerprint density at radius 3 is 3.00 bits per heavy atom. The van der Waals surface area contributed by atoms with Gasteiger partial charge in [-0.3, -0.25) is 4.79 Å². The number of esters is 1. The second-order valence-electron chi connectivity index (χ2n) is 3.52. The van der Waals surface area contributed by atoms with Crippen molar-refractivity contribution in [3.05, 3.63) is 16.3 Å². The second-order valence-corrected chi connectivity index (χ2v) is 4.43. The van der Waals surface area contributed by atoms with E-state index in [0.29, 0.717) is 10.6 Å². The van der Waals surface area contributed by atoms with Gasteiger partial charge in [0.1, 0.15) is 4.88 Å². The van der Waals surface area contributed by atoms with Crippen molar-refractivity contribution in [2.45, 2.75) is 12.5 Å². The molecule has 0 aromatic carbocycles. The van der Waals surface area contributed by atoms with Crippen LogP contribution in [0.4, 0.5) is 5.69 Å². The number of β-amino-alcohol motifs (C(OH)–C–C–N with tert-alkyl or cyclic N) is 1. The van der Waals surface area contributed by atoms with Gasteiger partial charge in [-0.1, -0.05) is 0 Å². The molecule has 0 bridgehead atoms. The molecule has 86 valence electrons. The van der Waals surface area contributed by atoms with Crippen LogP contribution in [0.1, 0.15) is 16.1 Å². The molecule has 16 heavy (non-hydrogen) atoms. The molecule has 0 spiro atoms. The number of hydrogen-bond donors (Lipinski definition) is 1. The Morgan fingerprint density at radius 1 is 1.69 bits per heavy atom. The topological polar surface area (TPSA) is 66.8 Å². The minimum atomic E-state index is -0.617. The summed E-state index contributed by atoms with van der Waals surface area (Å²) >= 11 is 1.22. The van der Waals surface area contributed by atoms with Crippen molar-refractivity contribution in [2.75, 3.05) is 18.6 Å². The van der Waals surface area contributed by atoms with Gasteiger partial charge in [0.15, 0.2) is 0 Å². The Kier molecular flexibility index (Phi) is 2.93. The van der Waals surface area contributed by atoms with Crippen molar-refractivity contribution < 1.29 is 19.4 Å². The first-order chi connectivity index (χ1) is 7.61. The number of thiophene rings is 1. The monoisotopic (exact) mass is 241 g/mol.